The van der Waals surface area contributed by atoms with E-state index in [1.54, 1.807) is 12.1 Å². The van der Waals surface area contributed by atoms with E-state index < -0.39 is 11.9 Å². The van der Waals surface area contributed by atoms with Crippen LogP contribution in [0.15, 0.2) is 36.7 Å². The number of anilines is 2. The zero-order chi connectivity index (χ0) is 15.1. The average Bonchev–Trinajstić information content (AvgIpc) is 2.40. The Morgan fingerprint density at radius 3 is 1.38 bits per heavy atom. The second kappa shape index (κ2) is 8.51. The van der Waals surface area contributed by atoms with Gasteiger partial charge in [-0.1, -0.05) is 0 Å². The van der Waals surface area contributed by atoms with Crippen molar-refractivity contribution in [1.29, 1.82) is 0 Å². The summed E-state index contributed by atoms with van der Waals surface area (Å²) in [6.07, 6.45) is 2.70. The number of carboxylic acid groups (broad SMARTS) is 2. The summed E-state index contributed by atoms with van der Waals surface area (Å²) in [7, 11) is 0. The van der Waals surface area contributed by atoms with Gasteiger partial charge in [-0.25, -0.2) is 0 Å². The number of hydrogen-bond donors (Lipinski definition) is 2. The van der Waals surface area contributed by atoms with Crippen LogP contribution in [-0.4, -0.2) is 21.9 Å². The van der Waals surface area contributed by atoms with Gasteiger partial charge in [0.15, 0.2) is 0 Å². The van der Waals surface area contributed by atoms with Crippen molar-refractivity contribution in [3.8, 4) is 0 Å². The average molecular weight is 338 g/mol. The normalized spacial score (nSPS) is 8.76. The van der Waals surface area contributed by atoms with E-state index in [4.69, 9.17) is 11.5 Å². The summed E-state index contributed by atoms with van der Waals surface area (Å²) in [4.78, 5) is 27.3. The van der Waals surface area contributed by atoms with Gasteiger partial charge in [-0.05, 0) is 24.3 Å². The van der Waals surface area contributed by atoms with E-state index >= 15 is 0 Å². The second-order valence-electron chi connectivity index (χ2n) is 3.46. The molecule has 0 aliphatic rings. The Kier molecular flexibility index (Phi) is 7.44. The molecular weight excluding hydrogens is 328 g/mol. The molecule has 0 saturated carbocycles. The number of carbonyl (C=O) groups excluding carboxylic acids is 2. The first-order valence-electron chi connectivity index (χ1n) is 5.27. The fourth-order valence-corrected chi connectivity index (χ4v) is 1.18. The molecule has 0 unspecified atom stereocenters. The van der Waals surface area contributed by atoms with Gasteiger partial charge in [0, 0.05) is 12.4 Å². The Labute approximate surface area is 130 Å². The minimum absolute atomic E-state index is 0. The first kappa shape index (κ1) is 18.4. The van der Waals surface area contributed by atoms with Crippen LogP contribution in [-0.2, 0) is 17.1 Å². The molecule has 0 aliphatic carbocycles. The summed E-state index contributed by atoms with van der Waals surface area (Å²) in [5.41, 5.74) is 10.3. The second-order valence-corrected chi connectivity index (χ2v) is 3.46. The first-order chi connectivity index (χ1) is 9.43. The van der Waals surface area contributed by atoms with Gasteiger partial charge in [-0.15, -0.1) is 0 Å². The maximum Gasteiger partial charge on any atom is 2.00 e. The van der Waals surface area contributed by atoms with E-state index in [0.29, 0.717) is 0 Å². The van der Waals surface area contributed by atoms with Crippen LogP contribution in [0.5, 0.6) is 0 Å². The fraction of sp³-hybridized carbons (Fsp3) is 0. The molecule has 4 N–H and O–H groups in total. The Balaban J connectivity index is 0.000000364. The van der Waals surface area contributed by atoms with Crippen LogP contribution in [0.4, 0.5) is 11.4 Å². The number of nitrogens with two attached hydrogens (primary N) is 2. The van der Waals surface area contributed by atoms with Crippen molar-refractivity contribution in [3.63, 3.8) is 0 Å². The van der Waals surface area contributed by atoms with Crippen molar-refractivity contribution < 1.29 is 36.9 Å². The zero-order valence-corrected chi connectivity index (χ0v) is 11.4. The van der Waals surface area contributed by atoms with E-state index in [9.17, 15) is 19.8 Å². The van der Waals surface area contributed by atoms with E-state index in [2.05, 4.69) is 9.97 Å². The van der Waals surface area contributed by atoms with Crippen molar-refractivity contribution in [2.24, 2.45) is 0 Å². The van der Waals surface area contributed by atoms with Crippen molar-refractivity contribution in [3.05, 3.63) is 48.0 Å². The fourth-order valence-electron chi connectivity index (χ4n) is 1.18. The summed E-state index contributed by atoms with van der Waals surface area (Å²) in [6.45, 7) is 0. The third-order valence-electron chi connectivity index (χ3n) is 2.06. The molecule has 8 nitrogen and oxygen atoms in total. The number of aromatic carboxylic acids is 2. The molecule has 2 aromatic rings. The molecule has 0 aromatic carbocycles. The molecule has 2 aromatic heterocycles. The quantitative estimate of drug-likeness (QED) is 0.598. The number of rotatable bonds is 2. The number of carbonyl (C=O) groups is 2. The standard InChI is InChI=1S/2C6H6N2O2.Cu/c2*7-4-2-1-3-8-5(4)6(9)10;/h2*1-3H,7H2,(H,9,10);/q;;+2/p-2. The van der Waals surface area contributed by atoms with Crippen LogP contribution in [0.2, 0.25) is 0 Å². The minimum atomic E-state index is -1.35. The number of aromatic nitrogens is 2. The minimum Gasteiger partial charge on any atom is -0.543 e. The predicted octanol–water partition coefficient (Wildman–Crippen LogP) is -1.95. The van der Waals surface area contributed by atoms with Crippen LogP contribution < -0.4 is 21.7 Å². The molecule has 0 atom stereocenters. The van der Waals surface area contributed by atoms with Gasteiger partial charge in [0.1, 0.15) is 11.4 Å². The molecule has 9 heteroatoms. The Hall–Kier alpha value is -2.64. The van der Waals surface area contributed by atoms with E-state index in [1.165, 1.54) is 24.5 Å². The largest absolute Gasteiger partial charge is 2.00 e. The van der Waals surface area contributed by atoms with Crippen LogP contribution in [0, 0.1) is 0 Å². The number of nitrogens with zero attached hydrogens (tertiary/aromatic N) is 2. The summed E-state index contributed by atoms with van der Waals surface area (Å²) >= 11 is 0. The SMILES string of the molecule is Nc1cccnc1C(=O)[O-].Nc1cccnc1C(=O)[O-].[Cu+2]. The van der Waals surface area contributed by atoms with E-state index in [-0.39, 0.29) is 39.8 Å². The monoisotopic (exact) mass is 337 g/mol. The summed E-state index contributed by atoms with van der Waals surface area (Å²) in [5, 5.41) is 20.3. The van der Waals surface area contributed by atoms with Crippen molar-refractivity contribution in [1.82, 2.24) is 9.97 Å². The molecule has 0 saturated heterocycles. The van der Waals surface area contributed by atoms with Crippen LogP contribution >= 0.6 is 0 Å². The molecule has 0 aliphatic heterocycles. The Morgan fingerprint density at radius 1 is 0.857 bits per heavy atom. The molecule has 2 rings (SSSR count). The van der Waals surface area contributed by atoms with E-state index in [1.807, 2.05) is 0 Å². The predicted molar refractivity (Wildman–Crippen MR) is 66.0 cm³/mol. The third-order valence-corrected chi connectivity index (χ3v) is 2.06. The molecule has 113 valence electrons. The Morgan fingerprint density at radius 2 is 1.19 bits per heavy atom. The van der Waals surface area contributed by atoms with Gasteiger partial charge >= 0.3 is 17.1 Å². The van der Waals surface area contributed by atoms with Gasteiger partial charge in [0.25, 0.3) is 0 Å². The number of hydrogen-bond acceptors (Lipinski definition) is 8. The molecule has 0 fully saturated rings. The third kappa shape index (κ3) is 5.47. The topological polar surface area (TPSA) is 158 Å². The number of nitrogen functional groups attached to an aromatic ring is 2. The molecule has 0 spiro atoms. The molecule has 0 amide bonds. The van der Waals surface area contributed by atoms with Crippen molar-refractivity contribution >= 4 is 23.3 Å². The smallest absolute Gasteiger partial charge is 0.543 e. The number of pyridine rings is 2. The maximum absolute atomic E-state index is 10.2. The van der Waals surface area contributed by atoms with Crippen LogP contribution in [0.25, 0.3) is 0 Å². The Bertz CT molecular complexity index is 581. The van der Waals surface area contributed by atoms with Crippen LogP contribution in [0.3, 0.4) is 0 Å². The first-order valence-corrected chi connectivity index (χ1v) is 5.27. The molecule has 2 heterocycles. The summed E-state index contributed by atoms with van der Waals surface area (Å²) in [5.74, 6) is -2.70. The van der Waals surface area contributed by atoms with Gasteiger partial charge in [0.2, 0.25) is 0 Å². The molecule has 0 bridgehead atoms. The van der Waals surface area contributed by atoms with Crippen molar-refractivity contribution in [2.75, 3.05) is 11.5 Å². The zero-order valence-electron chi connectivity index (χ0n) is 10.4. The van der Waals surface area contributed by atoms with Gasteiger partial charge in [-0.2, -0.15) is 0 Å². The molecular formula is C12H10CuN4O4. The molecule has 21 heavy (non-hydrogen) atoms. The number of carboxylic acids is 2. The maximum atomic E-state index is 10.2. The van der Waals surface area contributed by atoms with Gasteiger partial charge in [0.05, 0.1) is 23.3 Å². The van der Waals surface area contributed by atoms with Crippen molar-refractivity contribution in [2.45, 2.75) is 0 Å². The molecule has 1 radical (unpaired) electrons. The summed E-state index contributed by atoms with van der Waals surface area (Å²) < 4.78 is 0. The summed E-state index contributed by atoms with van der Waals surface area (Å²) in [6, 6.07) is 6.03. The van der Waals surface area contributed by atoms with E-state index in [0.717, 1.165) is 0 Å². The van der Waals surface area contributed by atoms with Crippen LogP contribution in [0.1, 0.15) is 21.0 Å². The van der Waals surface area contributed by atoms with Gasteiger partial charge < -0.3 is 31.3 Å². The van der Waals surface area contributed by atoms with Gasteiger partial charge in [-0.3, -0.25) is 9.97 Å².